The van der Waals surface area contributed by atoms with E-state index in [0.29, 0.717) is 5.92 Å². The Bertz CT molecular complexity index is 98.8. The minimum absolute atomic E-state index is 0. The normalized spacial score (nSPS) is 14.5. The van der Waals surface area contributed by atoms with Crippen molar-refractivity contribution in [3.63, 3.8) is 0 Å². The first kappa shape index (κ1) is 13.8. The Morgan fingerprint density at radius 1 is 1.36 bits per heavy atom. The van der Waals surface area contributed by atoms with Gasteiger partial charge in [-0.05, 0) is 26.2 Å². The fraction of sp³-hybridized carbons (Fsp3) is 1.00. The summed E-state index contributed by atoms with van der Waals surface area (Å²) in [6.07, 6.45) is 0.878. The summed E-state index contributed by atoms with van der Waals surface area (Å²) >= 11 is 0. The Labute approximate surface area is 75.6 Å². The zero-order valence-corrected chi connectivity index (χ0v) is 8.61. The number of rotatable bonds is 3. The second kappa shape index (κ2) is 4.96. The fourth-order valence-corrected chi connectivity index (χ4v) is 0.796. The van der Waals surface area contributed by atoms with Crippen LogP contribution in [0.15, 0.2) is 0 Å². The van der Waals surface area contributed by atoms with E-state index in [9.17, 15) is 5.11 Å². The Morgan fingerprint density at radius 2 is 1.73 bits per heavy atom. The zero-order valence-electron chi connectivity index (χ0n) is 7.79. The third-order valence-corrected chi connectivity index (χ3v) is 1.63. The first-order valence-corrected chi connectivity index (χ1v) is 3.82. The molecule has 0 aliphatic rings. The Kier molecular flexibility index (Phi) is 6.22. The highest BCUT2D eigenvalue weighted by molar-refractivity contribution is 5.85. The van der Waals surface area contributed by atoms with Crippen molar-refractivity contribution in [2.24, 2.45) is 11.7 Å². The van der Waals surface area contributed by atoms with Crippen molar-refractivity contribution in [2.75, 3.05) is 0 Å². The third kappa shape index (κ3) is 6.60. The van der Waals surface area contributed by atoms with Crippen LogP contribution in [0.4, 0.5) is 0 Å². The van der Waals surface area contributed by atoms with Crippen LogP contribution in [-0.2, 0) is 0 Å². The van der Waals surface area contributed by atoms with E-state index in [-0.39, 0.29) is 18.4 Å². The van der Waals surface area contributed by atoms with Crippen LogP contribution in [0.1, 0.15) is 34.1 Å². The topological polar surface area (TPSA) is 46.2 Å². The van der Waals surface area contributed by atoms with Gasteiger partial charge in [0.25, 0.3) is 0 Å². The molecule has 3 heteroatoms. The lowest BCUT2D eigenvalue weighted by Crippen LogP contribution is -2.43. The summed E-state index contributed by atoms with van der Waals surface area (Å²) < 4.78 is 0. The van der Waals surface area contributed by atoms with Gasteiger partial charge in [0.2, 0.25) is 0 Å². The number of hydrogen-bond acceptors (Lipinski definition) is 2. The Morgan fingerprint density at radius 3 is 1.82 bits per heavy atom. The summed E-state index contributed by atoms with van der Waals surface area (Å²) in [5.74, 6) is 0.557. The third-order valence-electron chi connectivity index (χ3n) is 1.63. The molecule has 0 heterocycles. The average molecular weight is 182 g/mol. The van der Waals surface area contributed by atoms with Gasteiger partial charge in [-0.1, -0.05) is 13.8 Å². The number of halogens is 1. The minimum atomic E-state index is -0.732. The predicted octanol–water partition coefficient (Wildman–Crippen LogP) is 1.55. The molecule has 2 nitrogen and oxygen atoms in total. The molecule has 0 spiro atoms. The lowest BCUT2D eigenvalue weighted by atomic mass is 9.92. The smallest absolute Gasteiger partial charge is 0.0742 e. The molecule has 0 amide bonds. The molecular formula is C8H20ClNO. The maximum Gasteiger partial charge on any atom is 0.0742 e. The highest BCUT2D eigenvalue weighted by Gasteiger charge is 2.22. The van der Waals surface area contributed by atoms with Crippen molar-refractivity contribution in [1.29, 1.82) is 0 Å². The lowest BCUT2D eigenvalue weighted by molar-refractivity contribution is 0.0448. The molecule has 0 aromatic rings. The quantitative estimate of drug-likeness (QED) is 0.694. The molecule has 0 bridgehead atoms. The Hall–Kier alpha value is 0.210. The molecule has 0 aromatic heterocycles. The molecule has 0 saturated heterocycles. The maximum absolute atomic E-state index is 9.41. The SMILES string of the molecule is CC(C)CC(N)C(C)(C)O.Cl. The minimum Gasteiger partial charge on any atom is -0.389 e. The van der Waals surface area contributed by atoms with Crippen LogP contribution in [0.2, 0.25) is 0 Å². The van der Waals surface area contributed by atoms with Crippen molar-refractivity contribution in [1.82, 2.24) is 0 Å². The van der Waals surface area contributed by atoms with E-state index in [0.717, 1.165) is 6.42 Å². The standard InChI is InChI=1S/C8H19NO.ClH/c1-6(2)5-7(9)8(3,4)10;/h6-7,10H,5,9H2,1-4H3;1H. The summed E-state index contributed by atoms with van der Waals surface area (Å²) in [5, 5.41) is 9.41. The predicted molar refractivity (Wildman–Crippen MR) is 51.0 cm³/mol. The van der Waals surface area contributed by atoms with Crippen LogP contribution in [0.25, 0.3) is 0 Å². The van der Waals surface area contributed by atoms with Crippen molar-refractivity contribution < 1.29 is 5.11 Å². The van der Waals surface area contributed by atoms with Crippen LogP contribution < -0.4 is 5.73 Å². The molecule has 0 fully saturated rings. The van der Waals surface area contributed by atoms with Gasteiger partial charge in [-0.25, -0.2) is 0 Å². The average Bonchev–Trinajstić information content (AvgIpc) is 1.60. The van der Waals surface area contributed by atoms with E-state index in [1.54, 1.807) is 13.8 Å². The van der Waals surface area contributed by atoms with Gasteiger partial charge in [0.05, 0.1) is 5.60 Å². The van der Waals surface area contributed by atoms with E-state index in [4.69, 9.17) is 5.73 Å². The van der Waals surface area contributed by atoms with Crippen molar-refractivity contribution >= 4 is 12.4 Å². The number of hydrogen-bond donors (Lipinski definition) is 2. The lowest BCUT2D eigenvalue weighted by Gasteiger charge is -2.26. The van der Waals surface area contributed by atoms with Crippen molar-refractivity contribution in [2.45, 2.75) is 45.8 Å². The van der Waals surface area contributed by atoms with Crippen molar-refractivity contribution in [3.05, 3.63) is 0 Å². The molecule has 3 N–H and O–H groups in total. The second-order valence-corrected chi connectivity index (χ2v) is 3.89. The van der Waals surface area contributed by atoms with Gasteiger partial charge in [0.1, 0.15) is 0 Å². The van der Waals surface area contributed by atoms with Crippen LogP contribution in [0, 0.1) is 5.92 Å². The molecule has 70 valence electrons. The summed E-state index contributed by atoms with van der Waals surface area (Å²) in [4.78, 5) is 0. The van der Waals surface area contributed by atoms with Crippen LogP contribution >= 0.6 is 12.4 Å². The van der Waals surface area contributed by atoms with E-state index < -0.39 is 5.60 Å². The van der Waals surface area contributed by atoms with Crippen LogP contribution in [0.5, 0.6) is 0 Å². The van der Waals surface area contributed by atoms with Crippen molar-refractivity contribution in [3.8, 4) is 0 Å². The summed E-state index contributed by atoms with van der Waals surface area (Å²) in [7, 11) is 0. The Balaban J connectivity index is 0. The fourth-order valence-electron chi connectivity index (χ4n) is 0.796. The van der Waals surface area contributed by atoms with Gasteiger partial charge in [0.15, 0.2) is 0 Å². The highest BCUT2D eigenvalue weighted by atomic mass is 35.5. The second-order valence-electron chi connectivity index (χ2n) is 3.89. The summed E-state index contributed by atoms with van der Waals surface area (Å²) in [6.45, 7) is 7.71. The van der Waals surface area contributed by atoms with Gasteiger partial charge >= 0.3 is 0 Å². The number of aliphatic hydroxyl groups is 1. The van der Waals surface area contributed by atoms with Gasteiger partial charge in [0, 0.05) is 6.04 Å². The molecule has 0 radical (unpaired) electrons. The summed E-state index contributed by atoms with van der Waals surface area (Å²) in [5.41, 5.74) is 4.97. The van der Waals surface area contributed by atoms with Crippen LogP contribution in [-0.4, -0.2) is 16.7 Å². The molecule has 0 saturated carbocycles. The highest BCUT2D eigenvalue weighted by Crippen LogP contribution is 2.13. The molecule has 1 atom stereocenters. The molecule has 0 aliphatic heterocycles. The molecule has 0 aliphatic carbocycles. The van der Waals surface area contributed by atoms with Gasteiger partial charge in [-0.2, -0.15) is 0 Å². The van der Waals surface area contributed by atoms with Gasteiger partial charge < -0.3 is 10.8 Å². The van der Waals surface area contributed by atoms with Gasteiger partial charge in [-0.3, -0.25) is 0 Å². The largest absolute Gasteiger partial charge is 0.389 e. The summed E-state index contributed by atoms with van der Waals surface area (Å²) in [6, 6.07) is -0.104. The molecule has 0 aromatic carbocycles. The molecule has 1 unspecified atom stereocenters. The monoisotopic (exact) mass is 181 g/mol. The maximum atomic E-state index is 9.41. The van der Waals surface area contributed by atoms with E-state index in [2.05, 4.69) is 13.8 Å². The molecule has 11 heavy (non-hydrogen) atoms. The first-order chi connectivity index (χ1) is 4.34. The zero-order chi connectivity index (χ0) is 8.36. The van der Waals surface area contributed by atoms with E-state index in [1.807, 2.05) is 0 Å². The first-order valence-electron chi connectivity index (χ1n) is 3.82. The van der Waals surface area contributed by atoms with E-state index in [1.165, 1.54) is 0 Å². The molecule has 0 rings (SSSR count). The number of nitrogens with two attached hydrogens (primary N) is 1. The van der Waals surface area contributed by atoms with Crippen LogP contribution in [0.3, 0.4) is 0 Å². The molecular weight excluding hydrogens is 162 g/mol. The van der Waals surface area contributed by atoms with E-state index >= 15 is 0 Å². The van der Waals surface area contributed by atoms with Gasteiger partial charge in [-0.15, -0.1) is 12.4 Å².